The predicted octanol–water partition coefficient (Wildman–Crippen LogP) is 3.00. The third-order valence-electron chi connectivity index (χ3n) is 3.13. The molecule has 0 aliphatic rings. The fraction of sp³-hybridized carbons (Fsp3) is 0.429. The van der Waals surface area contributed by atoms with E-state index in [4.69, 9.17) is 16.3 Å². The molecule has 1 N–H and O–H groups in total. The second-order valence-electron chi connectivity index (χ2n) is 4.93. The lowest BCUT2D eigenvalue weighted by Gasteiger charge is -2.24. The summed E-state index contributed by atoms with van der Waals surface area (Å²) in [6.45, 7) is 4.92. The number of para-hydroxylation sites is 1. The number of nitrogens with one attached hydrogen (secondary N) is 1. The highest BCUT2D eigenvalue weighted by molar-refractivity contribution is 6.33. The molecule has 1 atom stereocenters. The Bertz CT molecular complexity index is 542. The first kappa shape index (κ1) is 14.8. The smallest absolute Gasteiger partial charge is 0.138 e. The van der Waals surface area contributed by atoms with Gasteiger partial charge in [-0.2, -0.15) is 5.10 Å². The van der Waals surface area contributed by atoms with Gasteiger partial charge in [0.1, 0.15) is 18.3 Å². The van der Waals surface area contributed by atoms with E-state index in [0.717, 1.165) is 11.4 Å². The van der Waals surface area contributed by atoms with Crippen LogP contribution in [0.15, 0.2) is 30.9 Å². The summed E-state index contributed by atoms with van der Waals surface area (Å²) in [5.41, 5.74) is 1.71. The fourth-order valence-electron chi connectivity index (χ4n) is 1.97. The predicted molar refractivity (Wildman–Crippen MR) is 80.5 cm³/mol. The van der Waals surface area contributed by atoms with Crippen molar-refractivity contribution in [3.63, 3.8) is 0 Å². The summed E-state index contributed by atoms with van der Waals surface area (Å²) < 4.78 is 6.93. The minimum atomic E-state index is 0.195. The molecule has 0 aliphatic heterocycles. The number of nitrogens with zero attached hydrogens (tertiary/aromatic N) is 3. The van der Waals surface area contributed by atoms with Crippen molar-refractivity contribution in [1.82, 2.24) is 14.8 Å². The molecule has 1 aromatic carbocycles. The topological polar surface area (TPSA) is 52.0 Å². The van der Waals surface area contributed by atoms with E-state index in [1.54, 1.807) is 18.1 Å². The first-order valence-electron chi connectivity index (χ1n) is 6.52. The van der Waals surface area contributed by atoms with Gasteiger partial charge in [0.15, 0.2) is 0 Å². The maximum Gasteiger partial charge on any atom is 0.138 e. The quantitative estimate of drug-likeness (QED) is 0.890. The lowest BCUT2D eigenvalue weighted by molar-refractivity contribution is 0.171. The lowest BCUT2D eigenvalue weighted by atomic mass is 10.0. The average molecular weight is 295 g/mol. The van der Waals surface area contributed by atoms with Crippen LogP contribution < -0.4 is 5.32 Å². The van der Waals surface area contributed by atoms with Crippen LogP contribution in [0.4, 0.5) is 5.69 Å². The van der Waals surface area contributed by atoms with E-state index in [1.165, 1.54) is 6.33 Å². The van der Waals surface area contributed by atoms with Crippen molar-refractivity contribution in [3.8, 4) is 5.69 Å². The van der Waals surface area contributed by atoms with Crippen molar-refractivity contribution in [2.24, 2.45) is 5.92 Å². The molecular weight excluding hydrogens is 276 g/mol. The standard InChI is InChI=1S/C14H19ClN4O/c1-10(2)13(7-20-3)18-12-6-4-5-11(15)14(12)19-9-16-8-17-19/h4-6,8-10,13,18H,7H2,1-3H3. The van der Waals surface area contributed by atoms with E-state index < -0.39 is 0 Å². The summed E-state index contributed by atoms with van der Waals surface area (Å²) >= 11 is 6.30. The highest BCUT2D eigenvalue weighted by Gasteiger charge is 2.17. The van der Waals surface area contributed by atoms with Gasteiger partial charge in [0, 0.05) is 7.11 Å². The summed E-state index contributed by atoms with van der Waals surface area (Å²) in [7, 11) is 1.70. The van der Waals surface area contributed by atoms with Crippen LogP contribution in [0.5, 0.6) is 0 Å². The first-order valence-corrected chi connectivity index (χ1v) is 6.90. The largest absolute Gasteiger partial charge is 0.383 e. The summed E-state index contributed by atoms with van der Waals surface area (Å²) in [5, 5.41) is 8.26. The van der Waals surface area contributed by atoms with Gasteiger partial charge in [0.05, 0.1) is 23.4 Å². The van der Waals surface area contributed by atoms with Crippen molar-refractivity contribution >= 4 is 17.3 Å². The molecule has 108 valence electrons. The summed E-state index contributed by atoms with van der Waals surface area (Å²) in [4.78, 5) is 3.97. The molecule has 0 saturated carbocycles. The summed E-state index contributed by atoms with van der Waals surface area (Å²) in [6.07, 6.45) is 3.12. The van der Waals surface area contributed by atoms with E-state index in [0.29, 0.717) is 17.5 Å². The number of benzene rings is 1. The van der Waals surface area contributed by atoms with Gasteiger partial charge in [-0.1, -0.05) is 31.5 Å². The number of halogens is 1. The maximum absolute atomic E-state index is 6.30. The number of aromatic nitrogens is 3. The molecule has 0 aliphatic carbocycles. The van der Waals surface area contributed by atoms with Crippen LogP contribution in [-0.2, 0) is 4.74 Å². The van der Waals surface area contributed by atoms with Crippen molar-refractivity contribution in [2.45, 2.75) is 19.9 Å². The molecule has 2 rings (SSSR count). The molecule has 20 heavy (non-hydrogen) atoms. The molecule has 6 heteroatoms. The zero-order valence-electron chi connectivity index (χ0n) is 11.9. The Balaban J connectivity index is 2.34. The Morgan fingerprint density at radius 2 is 2.20 bits per heavy atom. The first-order chi connectivity index (χ1) is 9.63. The van der Waals surface area contributed by atoms with Gasteiger partial charge in [-0.05, 0) is 18.1 Å². The van der Waals surface area contributed by atoms with Crippen molar-refractivity contribution in [2.75, 3.05) is 19.0 Å². The van der Waals surface area contributed by atoms with E-state index in [2.05, 4.69) is 29.2 Å². The molecule has 1 aromatic heterocycles. The molecule has 0 radical (unpaired) electrons. The van der Waals surface area contributed by atoms with E-state index in [1.807, 2.05) is 18.2 Å². The summed E-state index contributed by atoms with van der Waals surface area (Å²) in [6, 6.07) is 5.92. The molecule has 1 unspecified atom stereocenters. The normalized spacial score (nSPS) is 12.7. The zero-order chi connectivity index (χ0) is 14.5. The molecule has 1 heterocycles. The Morgan fingerprint density at radius 1 is 1.40 bits per heavy atom. The number of methoxy groups -OCH3 is 1. The monoisotopic (exact) mass is 294 g/mol. The van der Waals surface area contributed by atoms with Gasteiger partial charge in [0.2, 0.25) is 0 Å². The molecule has 5 nitrogen and oxygen atoms in total. The third-order valence-corrected chi connectivity index (χ3v) is 3.43. The van der Waals surface area contributed by atoms with Crippen molar-refractivity contribution in [1.29, 1.82) is 0 Å². The highest BCUT2D eigenvalue weighted by atomic mass is 35.5. The van der Waals surface area contributed by atoms with Crippen LogP contribution in [0.3, 0.4) is 0 Å². The molecule has 0 fully saturated rings. The number of hydrogen-bond acceptors (Lipinski definition) is 4. The second-order valence-corrected chi connectivity index (χ2v) is 5.33. The minimum absolute atomic E-state index is 0.195. The van der Waals surface area contributed by atoms with Gasteiger partial charge in [-0.25, -0.2) is 9.67 Å². The molecular formula is C14H19ClN4O. The van der Waals surface area contributed by atoms with Gasteiger partial charge in [0.25, 0.3) is 0 Å². The van der Waals surface area contributed by atoms with Crippen LogP contribution in [0.1, 0.15) is 13.8 Å². The Labute approximate surface area is 123 Å². The Morgan fingerprint density at radius 3 is 2.80 bits per heavy atom. The maximum atomic E-state index is 6.30. The van der Waals surface area contributed by atoms with Gasteiger partial charge in [-0.15, -0.1) is 0 Å². The number of hydrogen-bond donors (Lipinski definition) is 1. The fourth-order valence-corrected chi connectivity index (χ4v) is 2.23. The SMILES string of the molecule is COCC(Nc1cccc(Cl)c1-n1cncn1)C(C)C. The van der Waals surface area contributed by atoms with E-state index in [-0.39, 0.29) is 6.04 Å². The average Bonchev–Trinajstić information content (AvgIpc) is 2.92. The van der Waals surface area contributed by atoms with Gasteiger partial charge in [-0.3, -0.25) is 0 Å². The number of ether oxygens (including phenoxy) is 1. The van der Waals surface area contributed by atoms with Crippen molar-refractivity contribution < 1.29 is 4.74 Å². The van der Waals surface area contributed by atoms with Crippen molar-refractivity contribution in [3.05, 3.63) is 35.9 Å². The molecule has 0 amide bonds. The second kappa shape index (κ2) is 6.72. The van der Waals surface area contributed by atoms with Gasteiger partial charge < -0.3 is 10.1 Å². The van der Waals surface area contributed by atoms with Crippen LogP contribution in [0, 0.1) is 5.92 Å². The molecule has 0 saturated heterocycles. The van der Waals surface area contributed by atoms with Crippen LogP contribution in [0.2, 0.25) is 5.02 Å². The number of rotatable bonds is 6. The Kier molecular flexibility index (Phi) is 4.98. The summed E-state index contributed by atoms with van der Waals surface area (Å²) in [5.74, 6) is 0.428. The van der Waals surface area contributed by atoms with Crippen LogP contribution in [0.25, 0.3) is 5.69 Å². The number of anilines is 1. The van der Waals surface area contributed by atoms with Crippen LogP contribution >= 0.6 is 11.6 Å². The Hall–Kier alpha value is -1.59. The minimum Gasteiger partial charge on any atom is -0.383 e. The van der Waals surface area contributed by atoms with Crippen LogP contribution in [-0.4, -0.2) is 34.5 Å². The molecule has 0 spiro atoms. The van der Waals surface area contributed by atoms with E-state index >= 15 is 0 Å². The molecule has 2 aromatic rings. The third kappa shape index (κ3) is 3.29. The van der Waals surface area contributed by atoms with E-state index in [9.17, 15) is 0 Å². The highest BCUT2D eigenvalue weighted by Crippen LogP contribution is 2.29. The zero-order valence-corrected chi connectivity index (χ0v) is 12.6. The van der Waals surface area contributed by atoms with Gasteiger partial charge >= 0.3 is 0 Å². The molecule has 0 bridgehead atoms. The lowest BCUT2D eigenvalue weighted by Crippen LogP contribution is -2.31.